The van der Waals surface area contributed by atoms with Crippen LogP contribution in [0.25, 0.3) is 0 Å². The lowest BCUT2D eigenvalue weighted by atomic mass is 9.93. The van der Waals surface area contributed by atoms with Crippen LogP contribution in [0, 0.1) is 21.4 Å². The Morgan fingerprint density at radius 3 is 2.65 bits per heavy atom. The molecule has 1 N–H and O–H groups in total. The molecule has 1 aromatic heterocycles. The van der Waals surface area contributed by atoms with Gasteiger partial charge in [-0.3, -0.25) is 10.1 Å². The number of aromatic nitrogens is 1. The maximum atomic E-state index is 10.8. The maximum Gasteiger partial charge on any atom is 0.270 e. The molecule has 0 aliphatic carbocycles. The first-order valence-electron chi connectivity index (χ1n) is 7.13. The molecule has 1 unspecified atom stereocenters. The molecule has 0 aliphatic rings. The van der Waals surface area contributed by atoms with Crippen molar-refractivity contribution in [2.24, 2.45) is 0 Å². The second-order valence-corrected chi connectivity index (χ2v) is 7.18. The highest BCUT2D eigenvalue weighted by molar-refractivity contribution is 7.09. The van der Waals surface area contributed by atoms with Gasteiger partial charge in [0, 0.05) is 22.9 Å². The number of hydrogen-bond donors (Lipinski definition) is 1. The third kappa shape index (κ3) is 3.85. The minimum Gasteiger partial charge on any atom is -0.375 e. The molecule has 0 aliphatic heterocycles. The molecule has 0 spiro atoms. The van der Waals surface area contributed by atoms with Crippen molar-refractivity contribution in [1.82, 2.24) is 4.98 Å². The molecule has 0 saturated carbocycles. The van der Waals surface area contributed by atoms with Crippen LogP contribution in [-0.2, 0) is 5.41 Å². The van der Waals surface area contributed by atoms with Gasteiger partial charge in [0.2, 0.25) is 0 Å². The first-order chi connectivity index (χ1) is 10.7. The lowest BCUT2D eigenvalue weighted by molar-refractivity contribution is -0.384. The molecule has 2 rings (SSSR count). The van der Waals surface area contributed by atoms with Crippen LogP contribution in [0.3, 0.4) is 0 Å². The smallest absolute Gasteiger partial charge is 0.270 e. The van der Waals surface area contributed by atoms with Crippen molar-refractivity contribution in [3.8, 4) is 6.07 Å². The van der Waals surface area contributed by atoms with Crippen molar-refractivity contribution >= 4 is 22.7 Å². The van der Waals surface area contributed by atoms with Crippen molar-refractivity contribution in [3.05, 3.63) is 50.0 Å². The number of hydrogen-bond acceptors (Lipinski definition) is 6. The molecule has 0 amide bonds. The average Bonchev–Trinajstić information content (AvgIpc) is 2.97. The molecule has 1 heterocycles. The van der Waals surface area contributed by atoms with E-state index in [4.69, 9.17) is 0 Å². The van der Waals surface area contributed by atoms with E-state index in [1.54, 1.807) is 17.4 Å². The van der Waals surface area contributed by atoms with Crippen LogP contribution in [-0.4, -0.2) is 9.91 Å². The van der Waals surface area contributed by atoms with E-state index >= 15 is 0 Å². The molecular weight excluding hydrogens is 312 g/mol. The number of nitrogens with zero attached hydrogens (tertiary/aromatic N) is 3. The van der Waals surface area contributed by atoms with Crippen molar-refractivity contribution in [1.29, 1.82) is 5.26 Å². The molecule has 0 fully saturated rings. The highest BCUT2D eigenvalue weighted by Gasteiger charge is 2.20. The van der Waals surface area contributed by atoms with Crippen LogP contribution in [0.4, 0.5) is 11.4 Å². The van der Waals surface area contributed by atoms with Gasteiger partial charge >= 0.3 is 0 Å². The van der Waals surface area contributed by atoms with E-state index in [1.807, 2.05) is 18.4 Å². The number of rotatable bonds is 4. The van der Waals surface area contributed by atoms with E-state index in [2.05, 4.69) is 31.1 Å². The van der Waals surface area contributed by atoms with Crippen molar-refractivity contribution in [3.63, 3.8) is 0 Å². The highest BCUT2D eigenvalue weighted by Crippen LogP contribution is 2.30. The predicted octanol–water partition coefficient (Wildman–Crippen LogP) is 4.39. The molecular formula is C16H18N4O2S. The summed E-state index contributed by atoms with van der Waals surface area (Å²) in [5, 5.41) is 26.1. The van der Waals surface area contributed by atoms with E-state index in [0.29, 0.717) is 5.69 Å². The van der Waals surface area contributed by atoms with Crippen LogP contribution >= 0.6 is 11.3 Å². The zero-order valence-electron chi connectivity index (χ0n) is 13.5. The molecule has 0 bridgehead atoms. The van der Waals surface area contributed by atoms with E-state index in [-0.39, 0.29) is 22.7 Å². The lowest BCUT2D eigenvalue weighted by Gasteiger charge is -2.16. The number of nitro benzene ring substituents is 1. The van der Waals surface area contributed by atoms with Gasteiger partial charge in [-0.1, -0.05) is 20.8 Å². The topological polar surface area (TPSA) is 91.9 Å². The van der Waals surface area contributed by atoms with Crippen LogP contribution in [0.5, 0.6) is 0 Å². The number of nitriles is 1. The lowest BCUT2D eigenvalue weighted by Crippen LogP contribution is -2.13. The molecule has 120 valence electrons. The van der Waals surface area contributed by atoms with Crippen LogP contribution < -0.4 is 5.32 Å². The number of anilines is 1. The fraction of sp³-hybridized carbons (Fsp3) is 0.375. The second-order valence-electron chi connectivity index (χ2n) is 6.29. The Morgan fingerprint density at radius 2 is 2.13 bits per heavy atom. The first kappa shape index (κ1) is 16.9. The van der Waals surface area contributed by atoms with Crippen LogP contribution in [0.15, 0.2) is 23.6 Å². The van der Waals surface area contributed by atoms with Crippen molar-refractivity contribution in [2.45, 2.75) is 39.2 Å². The Balaban J connectivity index is 2.23. The zero-order chi connectivity index (χ0) is 17.2. The van der Waals surface area contributed by atoms with E-state index in [1.165, 1.54) is 12.1 Å². The molecule has 0 saturated heterocycles. The number of nitro groups is 1. The number of thiazole rings is 1. The quantitative estimate of drug-likeness (QED) is 0.663. The third-order valence-electron chi connectivity index (χ3n) is 3.37. The monoisotopic (exact) mass is 330 g/mol. The largest absolute Gasteiger partial charge is 0.375 e. The van der Waals surface area contributed by atoms with Crippen molar-refractivity contribution < 1.29 is 4.92 Å². The summed E-state index contributed by atoms with van der Waals surface area (Å²) in [6, 6.07) is 6.12. The summed E-state index contributed by atoms with van der Waals surface area (Å²) in [4.78, 5) is 14.9. The normalized spacial score (nSPS) is 12.5. The van der Waals surface area contributed by atoms with Crippen LogP contribution in [0.1, 0.15) is 50.0 Å². The number of nitrogens with one attached hydrogen (secondary N) is 1. The van der Waals surface area contributed by atoms with Gasteiger partial charge in [0.05, 0.1) is 27.9 Å². The summed E-state index contributed by atoms with van der Waals surface area (Å²) in [5.41, 5.74) is 1.73. The summed E-state index contributed by atoms with van der Waals surface area (Å²) in [5.74, 6) is 0. The molecule has 23 heavy (non-hydrogen) atoms. The SMILES string of the molecule is CC(Nc1ccc([N+](=O)[O-])cc1C#N)c1nc(C(C)(C)C)cs1. The summed E-state index contributed by atoms with van der Waals surface area (Å²) in [6.45, 7) is 8.27. The Bertz CT molecular complexity index is 771. The number of benzene rings is 1. The molecule has 1 atom stereocenters. The molecule has 0 radical (unpaired) electrons. The summed E-state index contributed by atoms with van der Waals surface area (Å²) >= 11 is 1.56. The van der Waals surface area contributed by atoms with Crippen LogP contribution in [0.2, 0.25) is 0 Å². The van der Waals surface area contributed by atoms with Gasteiger partial charge in [0.1, 0.15) is 11.1 Å². The Morgan fingerprint density at radius 1 is 1.43 bits per heavy atom. The van der Waals surface area contributed by atoms with Gasteiger partial charge in [-0.15, -0.1) is 11.3 Å². The highest BCUT2D eigenvalue weighted by atomic mass is 32.1. The fourth-order valence-electron chi connectivity index (χ4n) is 1.99. The standard InChI is InChI=1S/C16H18N4O2S/c1-10(15-19-14(9-23-15)16(2,3)4)18-13-6-5-12(20(21)22)7-11(13)8-17/h5-7,9-10,18H,1-4H3. The molecule has 2 aromatic rings. The van der Waals surface area contributed by atoms with Gasteiger partial charge in [-0.05, 0) is 13.0 Å². The van der Waals surface area contributed by atoms with E-state index in [9.17, 15) is 15.4 Å². The van der Waals surface area contributed by atoms with Gasteiger partial charge in [-0.2, -0.15) is 5.26 Å². The molecule has 7 heteroatoms. The van der Waals surface area contributed by atoms with Gasteiger partial charge < -0.3 is 5.32 Å². The van der Waals surface area contributed by atoms with E-state index in [0.717, 1.165) is 10.7 Å². The number of non-ortho nitro benzene ring substituents is 1. The van der Waals surface area contributed by atoms with E-state index < -0.39 is 4.92 Å². The Labute approximate surface area is 138 Å². The maximum absolute atomic E-state index is 10.8. The Hall–Kier alpha value is -2.46. The van der Waals surface area contributed by atoms with Gasteiger partial charge in [0.15, 0.2) is 0 Å². The summed E-state index contributed by atoms with van der Waals surface area (Å²) in [7, 11) is 0. The summed E-state index contributed by atoms with van der Waals surface area (Å²) < 4.78 is 0. The van der Waals surface area contributed by atoms with Gasteiger partial charge in [0.25, 0.3) is 5.69 Å². The molecule has 1 aromatic carbocycles. The minimum atomic E-state index is -0.509. The minimum absolute atomic E-state index is 0.0142. The Kier molecular flexibility index (Phi) is 4.66. The second kappa shape index (κ2) is 6.34. The fourth-order valence-corrected chi connectivity index (χ4v) is 3.04. The predicted molar refractivity (Wildman–Crippen MR) is 90.7 cm³/mol. The zero-order valence-corrected chi connectivity index (χ0v) is 14.3. The van der Waals surface area contributed by atoms with Crippen molar-refractivity contribution in [2.75, 3.05) is 5.32 Å². The average molecular weight is 330 g/mol. The first-order valence-corrected chi connectivity index (χ1v) is 8.01. The summed E-state index contributed by atoms with van der Waals surface area (Å²) in [6.07, 6.45) is 0. The molecule has 6 nitrogen and oxygen atoms in total. The third-order valence-corrected chi connectivity index (χ3v) is 4.39. The van der Waals surface area contributed by atoms with Gasteiger partial charge in [-0.25, -0.2) is 4.98 Å².